The topological polar surface area (TPSA) is 64.0 Å². The Morgan fingerprint density at radius 3 is 2.53 bits per heavy atom. The van der Waals surface area contributed by atoms with Crippen molar-refractivity contribution in [2.24, 2.45) is 0 Å². The molecule has 1 N–H and O–H groups in total. The van der Waals surface area contributed by atoms with Crippen molar-refractivity contribution in [2.45, 2.75) is 25.9 Å². The summed E-state index contributed by atoms with van der Waals surface area (Å²) in [5, 5.41) is 3.10. The monoisotopic (exact) mass is 449 g/mol. The zero-order valence-corrected chi connectivity index (χ0v) is 18.0. The first kappa shape index (κ1) is 21.7. The van der Waals surface area contributed by atoms with Crippen LogP contribution in [0.15, 0.2) is 77.6 Å². The predicted octanol–water partition coefficient (Wildman–Crippen LogP) is 4.49. The quantitative estimate of drug-likeness (QED) is 0.452. The Kier molecular flexibility index (Phi) is 6.61. The standard InChI is InChI=1S/C25H21ClFN3O2/c26-19-9-6-10-20(27)18(19)16-30-23-12-5-4-11-21(23)29-22(25(30)32)13-14-24(31)28-15-17-7-2-1-3-8-17/h1-12H,13-16H2,(H,28,31). The molecule has 32 heavy (non-hydrogen) atoms. The number of carbonyl (C=O) groups excluding carboxylic acids is 1. The van der Waals surface area contributed by atoms with Crippen LogP contribution in [0, 0.1) is 5.82 Å². The number of nitrogens with one attached hydrogen (secondary N) is 1. The molecular formula is C25H21ClFN3O2. The van der Waals surface area contributed by atoms with E-state index in [0.29, 0.717) is 17.6 Å². The molecule has 0 atom stereocenters. The minimum absolute atomic E-state index is 0.0272. The molecule has 0 aliphatic heterocycles. The van der Waals surface area contributed by atoms with E-state index in [1.807, 2.05) is 36.4 Å². The van der Waals surface area contributed by atoms with Gasteiger partial charge in [0.05, 0.1) is 17.6 Å². The van der Waals surface area contributed by atoms with E-state index >= 15 is 0 Å². The van der Waals surface area contributed by atoms with Gasteiger partial charge in [-0.15, -0.1) is 0 Å². The minimum Gasteiger partial charge on any atom is -0.352 e. The molecule has 1 amide bonds. The Hall–Kier alpha value is -3.51. The van der Waals surface area contributed by atoms with Gasteiger partial charge in [-0.1, -0.05) is 60.1 Å². The summed E-state index contributed by atoms with van der Waals surface area (Å²) in [7, 11) is 0. The van der Waals surface area contributed by atoms with Crippen molar-refractivity contribution < 1.29 is 9.18 Å². The molecule has 0 radical (unpaired) electrons. The smallest absolute Gasteiger partial charge is 0.273 e. The molecule has 0 spiro atoms. The fourth-order valence-corrected chi connectivity index (χ4v) is 3.75. The Labute approximate surface area is 189 Å². The van der Waals surface area contributed by atoms with Crippen LogP contribution >= 0.6 is 11.6 Å². The second-order valence-corrected chi connectivity index (χ2v) is 7.81. The summed E-state index contributed by atoms with van der Waals surface area (Å²) >= 11 is 6.19. The molecule has 4 rings (SSSR count). The second-order valence-electron chi connectivity index (χ2n) is 7.40. The molecule has 3 aromatic carbocycles. The summed E-state index contributed by atoms with van der Waals surface area (Å²) in [6.07, 6.45) is 0.295. The molecule has 0 bridgehead atoms. The molecule has 162 valence electrons. The highest BCUT2D eigenvalue weighted by molar-refractivity contribution is 6.31. The number of halogens is 2. The van der Waals surface area contributed by atoms with Crippen molar-refractivity contribution in [1.82, 2.24) is 14.9 Å². The van der Waals surface area contributed by atoms with Gasteiger partial charge in [-0.25, -0.2) is 9.37 Å². The van der Waals surface area contributed by atoms with E-state index in [1.165, 1.54) is 16.7 Å². The number of aromatic nitrogens is 2. The third-order valence-corrected chi connectivity index (χ3v) is 5.57. The Balaban J connectivity index is 1.58. The Bertz CT molecular complexity index is 1300. The Morgan fingerprint density at radius 2 is 1.75 bits per heavy atom. The molecule has 0 aliphatic rings. The second kappa shape index (κ2) is 9.75. The van der Waals surface area contributed by atoms with Crippen LogP contribution in [0.3, 0.4) is 0 Å². The molecule has 0 saturated heterocycles. The molecule has 1 aromatic heterocycles. The molecular weight excluding hydrogens is 429 g/mol. The number of aryl methyl sites for hydroxylation is 1. The van der Waals surface area contributed by atoms with E-state index in [4.69, 9.17) is 11.6 Å². The third kappa shape index (κ3) is 4.86. The summed E-state index contributed by atoms with van der Waals surface area (Å²) < 4.78 is 15.8. The first-order chi connectivity index (χ1) is 15.5. The lowest BCUT2D eigenvalue weighted by Crippen LogP contribution is -2.29. The van der Waals surface area contributed by atoms with E-state index in [0.717, 1.165) is 5.56 Å². The van der Waals surface area contributed by atoms with Crippen molar-refractivity contribution in [3.05, 3.63) is 111 Å². The highest BCUT2D eigenvalue weighted by Gasteiger charge is 2.15. The number of hydrogen-bond acceptors (Lipinski definition) is 3. The zero-order chi connectivity index (χ0) is 22.5. The SMILES string of the molecule is O=C(CCc1nc2ccccc2n(Cc2c(F)cccc2Cl)c1=O)NCc1ccccc1. The molecule has 7 heteroatoms. The molecule has 0 aliphatic carbocycles. The minimum atomic E-state index is -0.480. The molecule has 0 saturated carbocycles. The summed E-state index contributed by atoms with van der Waals surface area (Å²) in [5.74, 6) is -0.654. The van der Waals surface area contributed by atoms with Crippen molar-refractivity contribution in [3.8, 4) is 0 Å². The first-order valence-electron chi connectivity index (χ1n) is 10.2. The maximum absolute atomic E-state index is 14.4. The molecule has 5 nitrogen and oxygen atoms in total. The number of hydrogen-bond donors (Lipinski definition) is 1. The number of para-hydroxylation sites is 2. The maximum Gasteiger partial charge on any atom is 0.273 e. The highest BCUT2D eigenvalue weighted by atomic mass is 35.5. The van der Waals surface area contributed by atoms with Gasteiger partial charge < -0.3 is 9.88 Å². The zero-order valence-electron chi connectivity index (χ0n) is 17.2. The van der Waals surface area contributed by atoms with Crippen molar-refractivity contribution in [3.63, 3.8) is 0 Å². The molecule has 0 unspecified atom stereocenters. The summed E-state index contributed by atoms with van der Waals surface area (Å²) in [6.45, 7) is 0.390. The van der Waals surface area contributed by atoms with E-state index in [-0.39, 0.29) is 47.1 Å². The van der Waals surface area contributed by atoms with Crippen molar-refractivity contribution in [1.29, 1.82) is 0 Å². The van der Waals surface area contributed by atoms with Gasteiger partial charge in [0.1, 0.15) is 11.5 Å². The Morgan fingerprint density at radius 1 is 1.00 bits per heavy atom. The van der Waals surface area contributed by atoms with E-state index in [1.54, 1.807) is 24.3 Å². The molecule has 1 heterocycles. The van der Waals surface area contributed by atoms with Crippen LogP contribution in [0.1, 0.15) is 23.2 Å². The number of fused-ring (bicyclic) bond motifs is 1. The van der Waals surface area contributed by atoms with Gasteiger partial charge in [0.25, 0.3) is 5.56 Å². The fraction of sp³-hybridized carbons (Fsp3) is 0.160. The normalized spacial score (nSPS) is 10.9. The number of amides is 1. The van der Waals surface area contributed by atoms with Crippen LogP contribution in [0.5, 0.6) is 0 Å². The lowest BCUT2D eigenvalue weighted by molar-refractivity contribution is -0.121. The third-order valence-electron chi connectivity index (χ3n) is 5.22. The van der Waals surface area contributed by atoms with Crippen LogP contribution in [0.4, 0.5) is 4.39 Å². The maximum atomic E-state index is 14.4. The first-order valence-corrected chi connectivity index (χ1v) is 10.6. The largest absolute Gasteiger partial charge is 0.352 e. The van der Waals surface area contributed by atoms with Gasteiger partial charge in [0, 0.05) is 30.0 Å². The average molecular weight is 450 g/mol. The van der Waals surface area contributed by atoms with Crippen LogP contribution in [-0.2, 0) is 24.3 Å². The van der Waals surface area contributed by atoms with E-state index in [2.05, 4.69) is 10.3 Å². The highest BCUT2D eigenvalue weighted by Crippen LogP contribution is 2.21. The van der Waals surface area contributed by atoms with Gasteiger partial charge in [-0.05, 0) is 29.8 Å². The van der Waals surface area contributed by atoms with E-state index in [9.17, 15) is 14.0 Å². The van der Waals surface area contributed by atoms with Gasteiger partial charge in [0.15, 0.2) is 0 Å². The van der Waals surface area contributed by atoms with Gasteiger partial charge in [-0.2, -0.15) is 0 Å². The van der Waals surface area contributed by atoms with Gasteiger partial charge in [-0.3, -0.25) is 9.59 Å². The van der Waals surface area contributed by atoms with Crippen LogP contribution < -0.4 is 10.9 Å². The summed E-state index contributed by atoms with van der Waals surface area (Å²) in [4.78, 5) is 30.0. The van der Waals surface area contributed by atoms with Gasteiger partial charge >= 0.3 is 0 Å². The number of benzene rings is 3. The lowest BCUT2D eigenvalue weighted by Gasteiger charge is -2.14. The number of carbonyl (C=O) groups is 1. The summed E-state index contributed by atoms with van der Waals surface area (Å²) in [5.41, 5.74) is 2.30. The molecule has 0 fully saturated rings. The van der Waals surface area contributed by atoms with E-state index < -0.39 is 5.82 Å². The fourth-order valence-electron chi connectivity index (χ4n) is 3.52. The molecule has 4 aromatic rings. The lowest BCUT2D eigenvalue weighted by atomic mass is 10.1. The number of nitrogens with zero attached hydrogens (tertiary/aromatic N) is 2. The number of rotatable bonds is 7. The van der Waals surface area contributed by atoms with Crippen molar-refractivity contribution >= 4 is 28.5 Å². The van der Waals surface area contributed by atoms with Crippen LogP contribution in [0.25, 0.3) is 11.0 Å². The van der Waals surface area contributed by atoms with Crippen molar-refractivity contribution in [2.75, 3.05) is 0 Å². The average Bonchev–Trinajstić information content (AvgIpc) is 2.81. The van der Waals surface area contributed by atoms with Gasteiger partial charge in [0.2, 0.25) is 5.91 Å². The predicted molar refractivity (Wildman–Crippen MR) is 123 cm³/mol. The summed E-state index contributed by atoms with van der Waals surface area (Å²) in [6, 6.07) is 21.2. The van der Waals surface area contributed by atoms with Crippen LogP contribution in [0.2, 0.25) is 5.02 Å². The van der Waals surface area contributed by atoms with Crippen LogP contribution in [-0.4, -0.2) is 15.5 Å².